The number of para-hydroxylation sites is 1. The topological polar surface area (TPSA) is 524 Å². The van der Waals surface area contributed by atoms with Crippen LogP contribution in [0.15, 0.2) is 97.6 Å². The lowest BCUT2D eigenvalue weighted by molar-refractivity contribution is -0.140. The van der Waals surface area contributed by atoms with E-state index in [4.69, 9.17) is 5.73 Å². The van der Waals surface area contributed by atoms with E-state index in [0.29, 0.717) is 33.5 Å². The van der Waals surface area contributed by atoms with Crippen molar-refractivity contribution in [1.82, 2.24) is 82.4 Å². The molecule has 0 saturated carbocycles. The minimum absolute atomic E-state index is 0.0217. The number of primary amides is 1. The number of imidazole rings is 1. The molecule has 1 fully saturated rings. The third-order valence-corrected chi connectivity index (χ3v) is 18.0. The van der Waals surface area contributed by atoms with E-state index in [2.05, 4.69) is 68.1 Å². The molecule has 2 aromatic heterocycles. The molecule has 1 aliphatic rings. The average Bonchev–Trinajstić information content (AvgIpc) is 1.67. The highest BCUT2D eigenvalue weighted by molar-refractivity contribution is 7.98. The molecule has 11 amide bonds. The van der Waals surface area contributed by atoms with Crippen molar-refractivity contribution in [1.29, 1.82) is 0 Å². The van der Waals surface area contributed by atoms with E-state index in [1.165, 1.54) is 62.4 Å². The van der Waals surface area contributed by atoms with Crippen molar-refractivity contribution in [2.75, 3.05) is 109 Å². The van der Waals surface area contributed by atoms with Crippen molar-refractivity contribution in [3.05, 3.63) is 120 Å². The van der Waals surface area contributed by atoms with Gasteiger partial charge in [0.15, 0.2) is 0 Å². The average molecular weight is 1520 g/mol. The minimum atomic E-state index is -1.72. The monoisotopic (exact) mass is 1520 g/mol. The quantitative estimate of drug-likeness (QED) is 0.0185. The lowest BCUT2D eigenvalue weighted by Gasteiger charge is -2.32. The van der Waals surface area contributed by atoms with Gasteiger partial charge in [0.25, 0.3) is 5.91 Å². The van der Waals surface area contributed by atoms with E-state index in [0.717, 1.165) is 0 Å². The van der Waals surface area contributed by atoms with Crippen molar-refractivity contribution in [3.63, 3.8) is 0 Å². The standard InChI is InChI=1S/C71H98N18O18S/c1-42(2)29-53(82-66(102)46-15-17-48(18-16-46)79-57(91)35-75-59(93)37-86-20-22-87(38-60(94)95)24-26-89(40-62(98)99)27-25-88(23-21-86)39-61(96)97)68(104)84-55(31-47-33-74-51-14-10-9-13-50(47)51)67(103)78-43(3)65(101)85-63(44(4)90)71(107)76-36-58(92)80-56(32-49-34-73-41-77-49)70(106)83-54(30-45-11-7-6-8-12-45)69(105)81-52(64(72)100)19-28-108-5/h6-18,33-34,41-44,52-56,63,74,90H,19-32,35-40H2,1-5H3,(H2,72,100)(H,73,77)(H,75,93)(H,76,107)(H,78,103)(H,79,91)(H,80,92)(H,81,105)(H,82,102)(H,83,106)(H,84,104)(H,85,101)(H,94,95)(H,96,97)(H,98,99)/t43-,44+,52-,53?,54?,55?,56?,63?/m0/s1. The summed E-state index contributed by atoms with van der Waals surface area (Å²) >= 11 is 1.44. The Kier molecular flexibility index (Phi) is 34.8. The summed E-state index contributed by atoms with van der Waals surface area (Å²) in [4.78, 5) is 202. The number of nitrogens with zero attached hydrogens (tertiary/aromatic N) is 5. The first kappa shape index (κ1) is 86.1. The highest BCUT2D eigenvalue weighted by Crippen LogP contribution is 2.21. The summed E-state index contributed by atoms with van der Waals surface area (Å²) in [6, 6.07) is 12.0. The molecule has 37 heteroatoms. The molecular weight excluding hydrogens is 1420 g/mol. The van der Waals surface area contributed by atoms with Crippen LogP contribution in [0.1, 0.15) is 67.7 Å². The molecule has 1 saturated heterocycles. The SMILES string of the molecule is CSCC[C@H](NC(=O)C(Cc1ccccc1)NC(=O)C(Cc1cnc[nH]1)NC(=O)CNC(=O)C(NC(=O)[C@H](C)NC(=O)C(Cc1c[nH]c2ccccc12)NC(=O)C(CC(C)C)NC(=O)c1ccc(NC(=O)CNC(=O)CN2CCN(CC(=O)O)CCN(CC(=O)O)CCN(CC(=O)O)CC2)cc1)[C@@H](C)O)C(N)=O. The van der Waals surface area contributed by atoms with Crippen LogP contribution in [0.25, 0.3) is 10.9 Å². The molecule has 5 aromatic rings. The van der Waals surface area contributed by atoms with Gasteiger partial charge >= 0.3 is 17.9 Å². The van der Waals surface area contributed by atoms with Gasteiger partial charge in [-0.1, -0.05) is 62.4 Å². The molecule has 36 nitrogen and oxygen atoms in total. The normalized spacial score (nSPS) is 15.6. The van der Waals surface area contributed by atoms with Crippen molar-refractivity contribution >= 4 is 111 Å². The lowest BCUT2D eigenvalue weighted by atomic mass is 10.00. The number of hydrogen-bond acceptors (Lipinski definition) is 21. The van der Waals surface area contributed by atoms with Crippen LogP contribution in [0.3, 0.4) is 0 Å². The zero-order valence-corrected chi connectivity index (χ0v) is 61.6. The largest absolute Gasteiger partial charge is 0.480 e. The van der Waals surface area contributed by atoms with Crippen molar-refractivity contribution in [3.8, 4) is 0 Å². The first-order valence-corrected chi connectivity index (χ1v) is 36.5. The third kappa shape index (κ3) is 29.8. The smallest absolute Gasteiger partial charge is 0.317 e. The number of anilines is 1. The number of aromatic nitrogens is 3. The zero-order chi connectivity index (χ0) is 79.0. The number of aliphatic hydroxyl groups excluding tert-OH is 1. The summed E-state index contributed by atoms with van der Waals surface area (Å²) in [6.45, 7) is 4.98. The molecule has 18 N–H and O–H groups in total. The summed E-state index contributed by atoms with van der Waals surface area (Å²) < 4.78 is 0. The van der Waals surface area contributed by atoms with Crippen LogP contribution in [-0.4, -0.2) is 290 Å². The molecule has 0 bridgehead atoms. The van der Waals surface area contributed by atoms with Crippen molar-refractivity contribution < 1.29 is 87.5 Å². The number of aliphatic hydroxyl groups is 1. The van der Waals surface area contributed by atoms with Gasteiger partial charge in [0.1, 0.15) is 42.3 Å². The maximum absolute atomic E-state index is 14.5. The fourth-order valence-electron chi connectivity index (χ4n) is 11.6. The number of H-pyrrole nitrogens is 2. The number of rotatable bonds is 40. The number of nitrogens with one attached hydrogen (secondary N) is 12. The molecule has 0 spiro atoms. The Bertz CT molecular complexity index is 3850. The van der Waals surface area contributed by atoms with E-state index in [1.54, 1.807) is 80.4 Å². The van der Waals surface area contributed by atoms with Gasteiger partial charge in [-0.05, 0) is 86.1 Å². The van der Waals surface area contributed by atoms with Crippen LogP contribution in [0.5, 0.6) is 0 Å². The second-order valence-corrected chi connectivity index (χ2v) is 27.5. The Balaban J connectivity index is 1.06. The molecule has 1 aliphatic heterocycles. The van der Waals surface area contributed by atoms with Gasteiger partial charge in [-0.2, -0.15) is 11.8 Å². The molecule has 8 atom stereocenters. The zero-order valence-electron chi connectivity index (χ0n) is 60.8. The molecule has 3 heterocycles. The van der Waals surface area contributed by atoms with Crippen LogP contribution in [0, 0.1) is 5.92 Å². The van der Waals surface area contributed by atoms with Gasteiger partial charge in [-0.25, -0.2) is 4.98 Å². The number of aliphatic carboxylic acids is 3. The number of carbonyl (C=O) groups excluding carboxylic acids is 11. The van der Waals surface area contributed by atoms with E-state index in [1.807, 2.05) is 20.1 Å². The Hall–Kier alpha value is -10.9. The van der Waals surface area contributed by atoms with Gasteiger partial charge in [-0.15, -0.1) is 0 Å². The van der Waals surface area contributed by atoms with Gasteiger partial charge in [0.2, 0.25) is 59.1 Å². The van der Waals surface area contributed by atoms with Crippen molar-refractivity contribution in [2.24, 2.45) is 11.7 Å². The number of carbonyl (C=O) groups is 14. The summed E-state index contributed by atoms with van der Waals surface area (Å²) in [7, 11) is 0. The second-order valence-electron chi connectivity index (χ2n) is 26.5. The predicted octanol–water partition coefficient (Wildman–Crippen LogP) is -3.04. The molecule has 6 rings (SSSR count). The number of amides is 11. The number of carboxylic acid groups (broad SMARTS) is 3. The van der Waals surface area contributed by atoms with Gasteiger partial charge < -0.3 is 89.3 Å². The van der Waals surface area contributed by atoms with E-state index in [-0.39, 0.29) is 128 Å². The number of hydrogen-bond donors (Lipinski definition) is 17. The maximum atomic E-state index is 14.5. The minimum Gasteiger partial charge on any atom is -0.480 e. The summed E-state index contributed by atoms with van der Waals surface area (Å²) in [5, 5.41) is 66.0. The van der Waals surface area contributed by atoms with Gasteiger partial charge in [0.05, 0.1) is 51.7 Å². The Labute approximate surface area is 627 Å². The third-order valence-electron chi connectivity index (χ3n) is 17.4. The summed E-state index contributed by atoms with van der Waals surface area (Å²) in [6.07, 6.45) is 4.61. The first-order valence-electron chi connectivity index (χ1n) is 35.1. The van der Waals surface area contributed by atoms with Crippen LogP contribution >= 0.6 is 11.8 Å². The van der Waals surface area contributed by atoms with Crippen LogP contribution in [0.4, 0.5) is 5.69 Å². The molecule has 0 aliphatic carbocycles. The second kappa shape index (κ2) is 43.7. The fraction of sp³-hybridized carbons (Fsp3) is 0.479. The number of fused-ring (bicyclic) bond motifs is 1. The molecule has 108 heavy (non-hydrogen) atoms. The summed E-state index contributed by atoms with van der Waals surface area (Å²) in [5.74, 6) is -11.8. The van der Waals surface area contributed by atoms with E-state index >= 15 is 0 Å². The highest BCUT2D eigenvalue weighted by atomic mass is 32.2. The van der Waals surface area contributed by atoms with Crippen LogP contribution < -0.4 is 58.9 Å². The van der Waals surface area contributed by atoms with E-state index < -0.39 is 144 Å². The number of nitrogens with two attached hydrogens (primary N) is 1. The Morgan fingerprint density at radius 2 is 1.05 bits per heavy atom. The Morgan fingerprint density at radius 3 is 1.58 bits per heavy atom. The summed E-state index contributed by atoms with van der Waals surface area (Å²) in [5.41, 5.74) is 8.27. The molecule has 0 radical (unpaired) electrons. The number of aromatic amines is 2. The number of thioether (sulfide) groups is 1. The Morgan fingerprint density at radius 1 is 0.528 bits per heavy atom. The molecule has 3 aromatic carbocycles. The predicted molar refractivity (Wildman–Crippen MR) is 396 cm³/mol. The van der Waals surface area contributed by atoms with Gasteiger partial charge in [-0.3, -0.25) is 86.7 Å². The molecule has 586 valence electrons. The highest BCUT2D eigenvalue weighted by Gasteiger charge is 2.35. The van der Waals surface area contributed by atoms with Crippen LogP contribution in [0.2, 0.25) is 0 Å². The fourth-order valence-corrected chi connectivity index (χ4v) is 12.1. The number of benzene rings is 3. The lowest BCUT2D eigenvalue weighted by Crippen LogP contribution is -2.60. The molecular formula is C71H98N18O18S. The number of carboxylic acids is 3. The first-order chi connectivity index (χ1) is 51.4. The van der Waals surface area contributed by atoms with Crippen molar-refractivity contribution in [2.45, 2.75) is 108 Å². The van der Waals surface area contributed by atoms with E-state index in [9.17, 15) is 87.5 Å². The molecule has 5 unspecified atom stereocenters. The van der Waals surface area contributed by atoms with Crippen LogP contribution in [-0.2, 0) is 81.6 Å². The van der Waals surface area contributed by atoms with Gasteiger partial charge in [0, 0.05) is 112 Å². The maximum Gasteiger partial charge on any atom is 0.317 e.